The number of halogens is 3. The van der Waals surface area contributed by atoms with E-state index < -0.39 is 11.7 Å². The van der Waals surface area contributed by atoms with Gasteiger partial charge in [0.05, 0.1) is 29.5 Å². The first-order chi connectivity index (χ1) is 15.9. The Balaban J connectivity index is 1.35. The van der Waals surface area contributed by atoms with Crippen LogP contribution in [0.25, 0.3) is 10.2 Å². The van der Waals surface area contributed by atoms with Gasteiger partial charge in [-0.15, -0.1) is 11.3 Å². The first-order valence-corrected chi connectivity index (χ1v) is 11.5. The Morgan fingerprint density at radius 1 is 1.12 bits per heavy atom. The lowest BCUT2D eigenvalue weighted by atomic mass is 9.92. The average Bonchev–Trinajstić information content (AvgIpc) is 3.18. The van der Waals surface area contributed by atoms with Gasteiger partial charge in [0.25, 0.3) is 5.56 Å². The van der Waals surface area contributed by atoms with Crippen LogP contribution in [-0.2, 0) is 32.1 Å². The monoisotopic (exact) mass is 470 g/mol. The summed E-state index contributed by atoms with van der Waals surface area (Å²) < 4.78 is 41.4. The molecule has 0 saturated carbocycles. The van der Waals surface area contributed by atoms with Crippen molar-refractivity contribution in [2.24, 2.45) is 0 Å². The number of rotatable bonds is 5. The van der Waals surface area contributed by atoms with Crippen molar-refractivity contribution in [2.45, 2.75) is 44.6 Å². The number of aromatic nitrogens is 3. The van der Waals surface area contributed by atoms with Crippen LogP contribution < -0.4 is 10.9 Å². The van der Waals surface area contributed by atoms with Crippen molar-refractivity contribution in [3.05, 3.63) is 92.6 Å². The van der Waals surface area contributed by atoms with E-state index in [0.29, 0.717) is 29.6 Å². The molecule has 0 fully saturated rings. The van der Waals surface area contributed by atoms with Crippen LogP contribution in [0.1, 0.15) is 33.7 Å². The second kappa shape index (κ2) is 8.72. The summed E-state index contributed by atoms with van der Waals surface area (Å²) in [6, 6.07) is 11.3. The highest BCUT2D eigenvalue weighted by atomic mass is 32.1. The van der Waals surface area contributed by atoms with Crippen molar-refractivity contribution in [3.8, 4) is 0 Å². The quantitative estimate of drug-likeness (QED) is 0.464. The van der Waals surface area contributed by atoms with Crippen LogP contribution in [0.15, 0.2) is 59.8 Å². The van der Waals surface area contributed by atoms with Gasteiger partial charge in [-0.3, -0.25) is 14.3 Å². The molecule has 1 atom stereocenters. The fourth-order valence-electron chi connectivity index (χ4n) is 4.36. The van der Waals surface area contributed by atoms with Crippen LogP contribution in [0, 0.1) is 0 Å². The van der Waals surface area contributed by atoms with Crippen molar-refractivity contribution in [1.82, 2.24) is 19.9 Å². The highest BCUT2D eigenvalue weighted by molar-refractivity contribution is 7.18. The molecule has 0 radical (unpaired) electrons. The molecule has 170 valence electrons. The van der Waals surface area contributed by atoms with Gasteiger partial charge in [-0.25, -0.2) is 4.98 Å². The lowest BCUT2D eigenvalue weighted by molar-refractivity contribution is -0.138. The minimum atomic E-state index is -4.37. The molecule has 33 heavy (non-hydrogen) atoms. The number of fused-ring (bicyclic) bond motifs is 3. The highest BCUT2D eigenvalue weighted by Gasteiger charge is 2.33. The van der Waals surface area contributed by atoms with Gasteiger partial charge < -0.3 is 5.32 Å². The van der Waals surface area contributed by atoms with Gasteiger partial charge >= 0.3 is 6.18 Å². The van der Waals surface area contributed by atoms with E-state index >= 15 is 0 Å². The van der Waals surface area contributed by atoms with E-state index in [-0.39, 0.29) is 23.7 Å². The molecule has 0 unspecified atom stereocenters. The smallest absolute Gasteiger partial charge is 0.310 e. The Hall–Kier alpha value is -3.04. The molecule has 1 N–H and O–H groups in total. The summed E-state index contributed by atoms with van der Waals surface area (Å²) in [5.41, 5.74) is 1.37. The molecule has 1 aliphatic carbocycles. The zero-order valence-corrected chi connectivity index (χ0v) is 18.4. The summed E-state index contributed by atoms with van der Waals surface area (Å²) in [5, 5.41) is 3.95. The van der Waals surface area contributed by atoms with Gasteiger partial charge in [0.15, 0.2) is 0 Å². The summed E-state index contributed by atoms with van der Waals surface area (Å²) >= 11 is 1.50. The van der Waals surface area contributed by atoms with E-state index in [1.807, 2.05) is 18.2 Å². The lowest BCUT2D eigenvalue weighted by Gasteiger charge is -2.24. The SMILES string of the molecule is O=c1c2c3c(sc2ncn1Cc1ccccn1)C[C@H](NCc1ccccc1C(F)(F)F)CC3. The maximum Gasteiger partial charge on any atom is 0.416 e. The fraction of sp³-hybridized carbons (Fsp3) is 0.292. The number of nitrogens with zero attached hydrogens (tertiary/aromatic N) is 3. The molecule has 0 saturated heterocycles. The fourth-order valence-corrected chi connectivity index (χ4v) is 5.62. The number of pyridine rings is 1. The van der Waals surface area contributed by atoms with E-state index in [1.54, 1.807) is 23.2 Å². The topological polar surface area (TPSA) is 59.8 Å². The van der Waals surface area contributed by atoms with Gasteiger partial charge in [-0.05, 0) is 48.6 Å². The predicted octanol–water partition coefficient (Wildman–Crippen LogP) is 4.57. The van der Waals surface area contributed by atoms with Gasteiger partial charge in [-0.2, -0.15) is 13.2 Å². The van der Waals surface area contributed by atoms with Crippen LogP contribution in [-0.4, -0.2) is 20.6 Å². The van der Waals surface area contributed by atoms with Crippen molar-refractivity contribution in [2.75, 3.05) is 0 Å². The normalized spacial score (nSPS) is 16.2. The van der Waals surface area contributed by atoms with Crippen molar-refractivity contribution in [1.29, 1.82) is 0 Å². The summed E-state index contributed by atoms with van der Waals surface area (Å²) in [7, 11) is 0. The number of hydrogen-bond acceptors (Lipinski definition) is 5. The molecule has 0 amide bonds. The highest BCUT2D eigenvalue weighted by Crippen LogP contribution is 2.35. The van der Waals surface area contributed by atoms with Crippen molar-refractivity contribution < 1.29 is 13.2 Å². The predicted molar refractivity (Wildman–Crippen MR) is 121 cm³/mol. The van der Waals surface area contributed by atoms with Crippen LogP contribution in [0.2, 0.25) is 0 Å². The van der Waals surface area contributed by atoms with Gasteiger partial charge in [0.2, 0.25) is 0 Å². The van der Waals surface area contributed by atoms with Gasteiger partial charge in [-0.1, -0.05) is 24.3 Å². The Kier molecular flexibility index (Phi) is 5.76. The standard InChI is InChI=1S/C24H21F3N4OS/c25-24(26,27)19-7-2-1-5-15(19)12-29-16-8-9-18-20(11-16)33-22-21(18)23(32)31(14-30-22)13-17-6-3-4-10-28-17/h1-7,10,14,16,29H,8-9,11-13H2/t16-/m1/s1. The summed E-state index contributed by atoms with van der Waals surface area (Å²) in [6.45, 7) is 0.506. The molecule has 9 heteroatoms. The Bertz CT molecular complexity index is 1350. The van der Waals surface area contributed by atoms with E-state index in [1.165, 1.54) is 23.5 Å². The molecule has 5 nitrogen and oxygen atoms in total. The second-order valence-electron chi connectivity index (χ2n) is 8.16. The molecule has 4 aromatic rings. The van der Waals surface area contributed by atoms with E-state index in [4.69, 9.17) is 0 Å². The Morgan fingerprint density at radius 3 is 2.73 bits per heavy atom. The van der Waals surface area contributed by atoms with Crippen LogP contribution in [0.3, 0.4) is 0 Å². The summed E-state index contributed by atoms with van der Waals surface area (Å²) in [6.07, 6.45) is 0.999. The number of alkyl halides is 3. The number of nitrogens with one attached hydrogen (secondary N) is 1. The molecular formula is C24H21F3N4OS. The molecule has 5 rings (SSSR count). The number of hydrogen-bond donors (Lipinski definition) is 1. The van der Waals surface area contributed by atoms with Gasteiger partial charge in [0.1, 0.15) is 4.83 Å². The Labute approximate surface area is 191 Å². The zero-order valence-electron chi connectivity index (χ0n) is 17.6. The number of aryl methyl sites for hydroxylation is 1. The minimum Gasteiger partial charge on any atom is -0.310 e. The van der Waals surface area contributed by atoms with Crippen LogP contribution >= 0.6 is 11.3 Å². The Morgan fingerprint density at radius 2 is 1.94 bits per heavy atom. The average molecular weight is 471 g/mol. The third-order valence-electron chi connectivity index (χ3n) is 6.00. The number of thiophene rings is 1. The first-order valence-electron chi connectivity index (χ1n) is 10.7. The van der Waals surface area contributed by atoms with Crippen LogP contribution in [0.4, 0.5) is 13.2 Å². The summed E-state index contributed by atoms with van der Waals surface area (Å²) in [4.78, 5) is 23.8. The number of benzene rings is 1. The second-order valence-corrected chi connectivity index (χ2v) is 9.24. The molecule has 3 heterocycles. The van der Waals surface area contributed by atoms with E-state index in [9.17, 15) is 18.0 Å². The van der Waals surface area contributed by atoms with E-state index in [0.717, 1.165) is 28.6 Å². The van der Waals surface area contributed by atoms with E-state index in [2.05, 4.69) is 15.3 Å². The molecular weight excluding hydrogens is 449 g/mol. The molecule has 0 bridgehead atoms. The molecule has 0 aliphatic heterocycles. The summed E-state index contributed by atoms with van der Waals surface area (Å²) in [5.74, 6) is 0. The van der Waals surface area contributed by atoms with Crippen LogP contribution in [0.5, 0.6) is 0 Å². The van der Waals surface area contributed by atoms with Crippen molar-refractivity contribution >= 4 is 21.6 Å². The minimum absolute atomic E-state index is 0.0441. The molecule has 3 aromatic heterocycles. The molecule has 1 aromatic carbocycles. The van der Waals surface area contributed by atoms with Gasteiger partial charge in [0, 0.05) is 23.7 Å². The third-order valence-corrected chi connectivity index (χ3v) is 7.16. The zero-order chi connectivity index (χ0) is 23.0. The third kappa shape index (κ3) is 4.43. The molecule has 0 spiro atoms. The lowest BCUT2D eigenvalue weighted by Crippen LogP contribution is -2.34. The largest absolute Gasteiger partial charge is 0.416 e. The maximum atomic E-state index is 13.3. The maximum absolute atomic E-state index is 13.3. The first kappa shape index (κ1) is 21.8. The van der Waals surface area contributed by atoms with Crippen molar-refractivity contribution in [3.63, 3.8) is 0 Å². The molecule has 1 aliphatic rings.